The van der Waals surface area contributed by atoms with Crippen LogP contribution in [0.15, 0.2) is 24.3 Å². The molecule has 2 amide bonds. The van der Waals surface area contributed by atoms with E-state index >= 15 is 0 Å². The molecule has 0 saturated heterocycles. The Morgan fingerprint density at radius 2 is 2.09 bits per heavy atom. The van der Waals surface area contributed by atoms with Crippen LogP contribution in [0.4, 0.5) is 0 Å². The maximum absolute atomic E-state index is 12.5. The molecule has 2 rings (SSSR count). The van der Waals surface area contributed by atoms with E-state index in [9.17, 15) is 14.7 Å². The lowest BCUT2D eigenvalue weighted by molar-refractivity contribution is -0.137. The zero-order chi connectivity index (χ0) is 16.3. The van der Waals surface area contributed by atoms with Gasteiger partial charge in [-0.05, 0) is 24.5 Å². The van der Waals surface area contributed by atoms with Crippen molar-refractivity contribution >= 4 is 11.8 Å². The molecule has 0 saturated carbocycles. The van der Waals surface area contributed by atoms with Crippen molar-refractivity contribution in [2.75, 3.05) is 20.2 Å². The second kappa shape index (κ2) is 6.92. The molecule has 1 aromatic carbocycles. The van der Waals surface area contributed by atoms with E-state index < -0.39 is 0 Å². The van der Waals surface area contributed by atoms with Crippen molar-refractivity contribution in [3.05, 3.63) is 35.4 Å². The van der Waals surface area contributed by atoms with Gasteiger partial charge < -0.3 is 14.9 Å². The summed E-state index contributed by atoms with van der Waals surface area (Å²) in [6, 6.07) is 7.55. The third kappa shape index (κ3) is 3.30. The zero-order valence-corrected chi connectivity index (χ0v) is 13.5. The van der Waals surface area contributed by atoms with Crippen LogP contribution < -0.4 is 0 Å². The summed E-state index contributed by atoms with van der Waals surface area (Å²) in [7, 11) is 1.69. The van der Waals surface area contributed by atoms with E-state index in [4.69, 9.17) is 0 Å². The van der Waals surface area contributed by atoms with Crippen LogP contribution in [-0.4, -0.2) is 53.0 Å². The van der Waals surface area contributed by atoms with Crippen LogP contribution in [0.3, 0.4) is 0 Å². The zero-order valence-electron chi connectivity index (χ0n) is 13.5. The summed E-state index contributed by atoms with van der Waals surface area (Å²) >= 11 is 0. The molecular formula is C17H24N2O3. The molecule has 5 nitrogen and oxygen atoms in total. The number of aliphatic hydroxyl groups is 1. The van der Waals surface area contributed by atoms with Gasteiger partial charge in [-0.25, -0.2) is 0 Å². The van der Waals surface area contributed by atoms with Gasteiger partial charge in [-0.15, -0.1) is 0 Å². The SMILES string of the molecule is CC(=O)N1CCc2ccccc2C1CC(=O)N(C)C(C)CO. The number of likely N-dealkylation sites (N-methyl/N-ethyl adjacent to an activating group) is 1. The lowest BCUT2D eigenvalue weighted by Crippen LogP contribution is -2.43. The van der Waals surface area contributed by atoms with Crippen LogP contribution in [0.2, 0.25) is 0 Å². The molecule has 0 aliphatic carbocycles. The van der Waals surface area contributed by atoms with Gasteiger partial charge in [-0.3, -0.25) is 9.59 Å². The van der Waals surface area contributed by atoms with Crippen LogP contribution in [-0.2, 0) is 16.0 Å². The highest BCUT2D eigenvalue weighted by atomic mass is 16.3. The number of hydrogen-bond donors (Lipinski definition) is 1. The van der Waals surface area contributed by atoms with Crippen molar-refractivity contribution in [1.82, 2.24) is 9.80 Å². The number of carbonyl (C=O) groups is 2. The quantitative estimate of drug-likeness (QED) is 0.914. The van der Waals surface area contributed by atoms with Gasteiger partial charge in [0.15, 0.2) is 0 Å². The Balaban J connectivity index is 2.25. The minimum Gasteiger partial charge on any atom is -0.394 e. The van der Waals surface area contributed by atoms with E-state index in [1.165, 1.54) is 5.56 Å². The average molecular weight is 304 g/mol. The third-order valence-electron chi connectivity index (χ3n) is 4.50. The number of hydrogen-bond acceptors (Lipinski definition) is 3. The first-order valence-corrected chi connectivity index (χ1v) is 7.67. The van der Waals surface area contributed by atoms with E-state index in [0.29, 0.717) is 6.54 Å². The lowest BCUT2D eigenvalue weighted by atomic mass is 9.90. The van der Waals surface area contributed by atoms with Gasteiger partial charge in [-0.2, -0.15) is 0 Å². The van der Waals surface area contributed by atoms with Crippen LogP contribution in [0.5, 0.6) is 0 Å². The molecular weight excluding hydrogens is 280 g/mol. The van der Waals surface area contributed by atoms with E-state index in [1.807, 2.05) is 18.2 Å². The third-order valence-corrected chi connectivity index (χ3v) is 4.50. The molecule has 1 heterocycles. The van der Waals surface area contributed by atoms with Crippen LogP contribution in [0.25, 0.3) is 0 Å². The standard InChI is InChI=1S/C17H24N2O3/c1-12(11-20)18(3)17(22)10-16-15-7-5-4-6-14(15)8-9-19(16)13(2)21/h4-7,12,16,20H,8-11H2,1-3H3. The Hall–Kier alpha value is -1.88. The van der Waals surface area contributed by atoms with Gasteiger partial charge in [0.05, 0.1) is 25.1 Å². The number of fused-ring (bicyclic) bond motifs is 1. The summed E-state index contributed by atoms with van der Waals surface area (Å²) in [5.74, 6) is -0.0698. The summed E-state index contributed by atoms with van der Waals surface area (Å²) in [5.41, 5.74) is 2.26. The summed E-state index contributed by atoms with van der Waals surface area (Å²) in [6.07, 6.45) is 1.07. The molecule has 22 heavy (non-hydrogen) atoms. The van der Waals surface area contributed by atoms with Gasteiger partial charge in [0.1, 0.15) is 0 Å². The fourth-order valence-corrected chi connectivity index (χ4v) is 2.93. The summed E-state index contributed by atoms with van der Waals surface area (Å²) in [6.45, 7) is 3.92. The first kappa shape index (κ1) is 16.5. The minimum atomic E-state index is -0.225. The Kier molecular flexibility index (Phi) is 5.19. The van der Waals surface area contributed by atoms with Gasteiger partial charge in [0, 0.05) is 20.5 Å². The van der Waals surface area contributed by atoms with Crippen LogP contribution in [0.1, 0.15) is 37.4 Å². The van der Waals surface area contributed by atoms with E-state index in [1.54, 1.807) is 30.7 Å². The smallest absolute Gasteiger partial charge is 0.225 e. The predicted octanol–water partition coefficient (Wildman–Crippen LogP) is 1.36. The second-order valence-electron chi connectivity index (χ2n) is 5.92. The second-order valence-corrected chi connectivity index (χ2v) is 5.92. The van der Waals surface area contributed by atoms with E-state index in [2.05, 4.69) is 6.07 Å². The van der Waals surface area contributed by atoms with Gasteiger partial charge in [0.25, 0.3) is 0 Å². The predicted molar refractivity (Wildman–Crippen MR) is 84.2 cm³/mol. The number of aliphatic hydroxyl groups excluding tert-OH is 1. The Morgan fingerprint density at radius 3 is 2.73 bits per heavy atom. The number of rotatable bonds is 4. The molecule has 120 valence electrons. The Labute approximate surface area is 131 Å². The Morgan fingerprint density at radius 1 is 1.41 bits per heavy atom. The summed E-state index contributed by atoms with van der Waals surface area (Å²) < 4.78 is 0. The molecule has 2 unspecified atom stereocenters. The van der Waals surface area contributed by atoms with E-state index in [-0.39, 0.29) is 36.9 Å². The maximum Gasteiger partial charge on any atom is 0.225 e. The minimum absolute atomic E-state index is 0.00911. The molecule has 1 N–H and O–H groups in total. The first-order chi connectivity index (χ1) is 10.5. The molecule has 1 aromatic rings. The highest BCUT2D eigenvalue weighted by molar-refractivity contribution is 5.79. The number of benzene rings is 1. The highest BCUT2D eigenvalue weighted by Crippen LogP contribution is 2.32. The molecule has 0 fully saturated rings. The largest absolute Gasteiger partial charge is 0.394 e. The van der Waals surface area contributed by atoms with Crippen molar-refractivity contribution < 1.29 is 14.7 Å². The van der Waals surface area contributed by atoms with Crippen molar-refractivity contribution in [3.63, 3.8) is 0 Å². The molecule has 1 aliphatic rings. The normalized spacial score (nSPS) is 18.5. The molecule has 0 bridgehead atoms. The summed E-state index contributed by atoms with van der Waals surface area (Å²) in [5, 5.41) is 9.20. The van der Waals surface area contributed by atoms with Crippen LogP contribution in [0, 0.1) is 0 Å². The average Bonchev–Trinajstić information content (AvgIpc) is 2.53. The monoisotopic (exact) mass is 304 g/mol. The number of nitrogens with zero attached hydrogens (tertiary/aromatic N) is 2. The fraction of sp³-hybridized carbons (Fsp3) is 0.529. The van der Waals surface area contributed by atoms with Gasteiger partial charge >= 0.3 is 0 Å². The Bertz CT molecular complexity index is 559. The first-order valence-electron chi connectivity index (χ1n) is 7.67. The van der Waals surface area contributed by atoms with Crippen molar-refractivity contribution in [2.24, 2.45) is 0 Å². The van der Waals surface area contributed by atoms with Crippen molar-refractivity contribution in [1.29, 1.82) is 0 Å². The van der Waals surface area contributed by atoms with Gasteiger partial charge in [-0.1, -0.05) is 24.3 Å². The summed E-state index contributed by atoms with van der Waals surface area (Å²) in [4.78, 5) is 27.7. The highest BCUT2D eigenvalue weighted by Gasteiger charge is 2.31. The topological polar surface area (TPSA) is 60.9 Å². The fourth-order valence-electron chi connectivity index (χ4n) is 2.93. The number of carbonyl (C=O) groups excluding carboxylic acids is 2. The molecule has 1 aliphatic heterocycles. The molecule has 5 heteroatoms. The molecule has 0 aromatic heterocycles. The lowest BCUT2D eigenvalue weighted by Gasteiger charge is -2.37. The van der Waals surface area contributed by atoms with Gasteiger partial charge in [0.2, 0.25) is 11.8 Å². The maximum atomic E-state index is 12.5. The van der Waals surface area contributed by atoms with Crippen molar-refractivity contribution in [2.45, 2.75) is 38.8 Å². The molecule has 0 spiro atoms. The van der Waals surface area contributed by atoms with Crippen LogP contribution >= 0.6 is 0 Å². The number of amides is 2. The van der Waals surface area contributed by atoms with E-state index in [0.717, 1.165) is 12.0 Å². The molecule has 0 radical (unpaired) electrons. The molecule has 2 atom stereocenters. The van der Waals surface area contributed by atoms with Crippen molar-refractivity contribution in [3.8, 4) is 0 Å².